The van der Waals surface area contributed by atoms with Crippen molar-refractivity contribution < 1.29 is 22.7 Å². The lowest BCUT2D eigenvalue weighted by molar-refractivity contribution is 0.0696. The fourth-order valence-electron chi connectivity index (χ4n) is 1.51. The van der Waals surface area contributed by atoms with Gasteiger partial charge >= 0.3 is 5.97 Å². The van der Waals surface area contributed by atoms with Crippen molar-refractivity contribution in [2.75, 3.05) is 4.72 Å². The van der Waals surface area contributed by atoms with Crippen LogP contribution in [0.15, 0.2) is 29.2 Å². The molecule has 7 nitrogen and oxygen atoms in total. The molecule has 0 aliphatic carbocycles. The summed E-state index contributed by atoms with van der Waals surface area (Å²) < 4.78 is 39.7. The maximum atomic E-state index is 13.6. The molecule has 2 rings (SSSR count). The largest absolute Gasteiger partial charge is 0.478 e. The number of benzene rings is 1. The second-order valence-corrected chi connectivity index (χ2v) is 5.64. The number of H-pyrrole nitrogens is 1. The van der Waals surface area contributed by atoms with Gasteiger partial charge in [0.2, 0.25) is 0 Å². The minimum absolute atomic E-state index is 0.0115. The molecule has 0 aliphatic heterocycles. The molecule has 1 heterocycles. The van der Waals surface area contributed by atoms with Gasteiger partial charge in [-0.25, -0.2) is 17.6 Å². The first kappa shape index (κ1) is 14.0. The third-order valence-electron chi connectivity index (χ3n) is 2.41. The maximum absolute atomic E-state index is 13.6. The van der Waals surface area contributed by atoms with Crippen LogP contribution in [0.1, 0.15) is 16.1 Å². The molecule has 20 heavy (non-hydrogen) atoms. The van der Waals surface area contributed by atoms with Crippen molar-refractivity contribution in [2.24, 2.45) is 0 Å². The van der Waals surface area contributed by atoms with Gasteiger partial charge in [0, 0.05) is 11.8 Å². The topological polar surface area (TPSA) is 112 Å². The number of aryl methyl sites for hydroxylation is 1. The summed E-state index contributed by atoms with van der Waals surface area (Å²) >= 11 is 0. The van der Waals surface area contributed by atoms with Crippen LogP contribution in [0.2, 0.25) is 0 Å². The molecule has 0 radical (unpaired) electrons. The molecular formula is C11H10FN3O4S. The molecular weight excluding hydrogens is 289 g/mol. The minimum Gasteiger partial charge on any atom is -0.478 e. The molecule has 0 aliphatic rings. The first-order chi connectivity index (χ1) is 9.29. The van der Waals surface area contributed by atoms with Crippen molar-refractivity contribution >= 4 is 21.8 Å². The normalized spacial score (nSPS) is 11.3. The fourth-order valence-corrected chi connectivity index (χ4v) is 2.60. The Morgan fingerprint density at radius 1 is 1.40 bits per heavy atom. The van der Waals surface area contributed by atoms with Crippen molar-refractivity contribution in [3.63, 3.8) is 0 Å². The molecule has 1 aromatic heterocycles. The van der Waals surface area contributed by atoms with E-state index in [1.807, 2.05) is 0 Å². The third-order valence-corrected chi connectivity index (χ3v) is 3.78. The number of nitrogens with zero attached hydrogens (tertiary/aromatic N) is 1. The van der Waals surface area contributed by atoms with Crippen LogP contribution in [0, 0.1) is 12.7 Å². The Bertz CT molecular complexity index is 770. The van der Waals surface area contributed by atoms with Gasteiger partial charge in [-0.3, -0.25) is 9.82 Å². The lowest BCUT2D eigenvalue weighted by Gasteiger charge is -2.07. The fraction of sp³-hybridized carbons (Fsp3) is 0.0909. The minimum atomic E-state index is -4.26. The van der Waals surface area contributed by atoms with Gasteiger partial charge in [-0.2, -0.15) is 5.10 Å². The summed E-state index contributed by atoms with van der Waals surface area (Å²) in [4.78, 5) is 10.0. The number of sulfonamides is 1. The Morgan fingerprint density at radius 3 is 2.65 bits per heavy atom. The van der Waals surface area contributed by atoms with Crippen LogP contribution in [0.25, 0.3) is 0 Å². The first-order valence-corrected chi connectivity index (χ1v) is 6.85. The Hall–Kier alpha value is -2.42. The summed E-state index contributed by atoms with van der Waals surface area (Å²) in [6, 6.07) is 3.93. The summed E-state index contributed by atoms with van der Waals surface area (Å²) in [6.45, 7) is 1.66. The van der Waals surface area contributed by atoms with Gasteiger partial charge < -0.3 is 5.11 Å². The highest BCUT2D eigenvalue weighted by atomic mass is 32.2. The van der Waals surface area contributed by atoms with Crippen molar-refractivity contribution in [3.8, 4) is 0 Å². The van der Waals surface area contributed by atoms with E-state index in [-0.39, 0.29) is 11.4 Å². The van der Waals surface area contributed by atoms with E-state index in [0.717, 1.165) is 18.2 Å². The van der Waals surface area contributed by atoms with Crippen LogP contribution in [0.4, 0.5) is 10.2 Å². The predicted octanol–water partition coefficient (Wildman–Crippen LogP) is 1.36. The van der Waals surface area contributed by atoms with Gasteiger partial charge in [0.15, 0.2) is 5.82 Å². The number of carbonyl (C=O) groups is 1. The quantitative estimate of drug-likeness (QED) is 0.789. The van der Waals surface area contributed by atoms with Gasteiger partial charge in [0.25, 0.3) is 10.0 Å². The van der Waals surface area contributed by atoms with Gasteiger partial charge in [-0.15, -0.1) is 0 Å². The van der Waals surface area contributed by atoms with Crippen LogP contribution in [-0.2, 0) is 10.0 Å². The summed E-state index contributed by atoms with van der Waals surface area (Å²) in [6.07, 6.45) is 0. The molecule has 1 aromatic carbocycles. The van der Waals surface area contributed by atoms with E-state index in [4.69, 9.17) is 5.11 Å². The molecule has 0 spiro atoms. The number of hydrogen-bond acceptors (Lipinski definition) is 4. The highest BCUT2D eigenvalue weighted by Gasteiger charge is 2.22. The third kappa shape index (κ3) is 2.77. The van der Waals surface area contributed by atoms with E-state index in [2.05, 4.69) is 14.9 Å². The van der Waals surface area contributed by atoms with Crippen molar-refractivity contribution in [1.29, 1.82) is 0 Å². The van der Waals surface area contributed by atoms with E-state index in [9.17, 15) is 17.6 Å². The van der Waals surface area contributed by atoms with Gasteiger partial charge in [-0.05, 0) is 25.1 Å². The van der Waals surface area contributed by atoms with Gasteiger partial charge in [0.1, 0.15) is 10.7 Å². The lowest BCUT2D eigenvalue weighted by Crippen LogP contribution is -2.15. The molecule has 0 saturated heterocycles. The lowest BCUT2D eigenvalue weighted by atomic mass is 10.2. The molecule has 0 saturated carbocycles. The zero-order chi connectivity index (χ0) is 14.9. The number of halogens is 1. The van der Waals surface area contributed by atoms with Crippen LogP contribution < -0.4 is 4.72 Å². The number of hydrogen-bond donors (Lipinski definition) is 3. The maximum Gasteiger partial charge on any atom is 0.335 e. The summed E-state index contributed by atoms with van der Waals surface area (Å²) in [5.74, 6) is -2.41. The zero-order valence-corrected chi connectivity index (χ0v) is 11.0. The molecule has 0 fully saturated rings. The smallest absolute Gasteiger partial charge is 0.335 e. The standard InChI is InChI=1S/C11H10FN3O4S/c1-6-4-10(14-13-6)15-20(18,19)9-5-7(11(16)17)2-3-8(9)12/h2-5H,1H3,(H,16,17)(H2,13,14,15). The van der Waals surface area contributed by atoms with E-state index in [1.54, 1.807) is 6.92 Å². The number of rotatable bonds is 4. The van der Waals surface area contributed by atoms with Crippen LogP contribution >= 0.6 is 0 Å². The highest BCUT2D eigenvalue weighted by molar-refractivity contribution is 7.92. The summed E-state index contributed by atoms with van der Waals surface area (Å²) in [5, 5.41) is 15.0. The number of nitrogens with one attached hydrogen (secondary N) is 2. The molecule has 2 aromatic rings. The Labute approximate surface area is 113 Å². The van der Waals surface area contributed by atoms with Gasteiger partial charge in [-0.1, -0.05) is 0 Å². The van der Waals surface area contributed by atoms with Crippen LogP contribution in [0.3, 0.4) is 0 Å². The molecule has 3 N–H and O–H groups in total. The average Bonchev–Trinajstić information content (AvgIpc) is 2.73. The SMILES string of the molecule is Cc1cc(NS(=O)(=O)c2cc(C(=O)O)ccc2F)n[nH]1. The van der Waals surface area contributed by atoms with Crippen LogP contribution in [-0.4, -0.2) is 29.7 Å². The molecule has 106 valence electrons. The summed E-state index contributed by atoms with van der Waals surface area (Å²) in [7, 11) is -4.26. The Kier molecular flexibility index (Phi) is 3.45. The Balaban J connectivity index is 2.43. The number of carboxylic acids is 1. The molecule has 0 atom stereocenters. The average molecular weight is 299 g/mol. The van der Waals surface area contributed by atoms with E-state index >= 15 is 0 Å². The van der Waals surface area contributed by atoms with Crippen molar-refractivity contribution in [1.82, 2.24) is 10.2 Å². The number of aromatic carboxylic acids is 1. The number of aromatic nitrogens is 2. The molecule has 0 bridgehead atoms. The first-order valence-electron chi connectivity index (χ1n) is 5.37. The van der Waals surface area contributed by atoms with Gasteiger partial charge in [0.05, 0.1) is 5.56 Å². The zero-order valence-electron chi connectivity index (χ0n) is 10.2. The van der Waals surface area contributed by atoms with Crippen molar-refractivity contribution in [3.05, 3.63) is 41.3 Å². The highest BCUT2D eigenvalue weighted by Crippen LogP contribution is 2.19. The number of anilines is 1. The number of aromatic amines is 1. The molecule has 9 heteroatoms. The van der Waals surface area contributed by atoms with Crippen LogP contribution in [0.5, 0.6) is 0 Å². The summed E-state index contributed by atoms with van der Waals surface area (Å²) in [5.41, 5.74) is 0.285. The predicted molar refractivity (Wildman–Crippen MR) is 67.5 cm³/mol. The second-order valence-electron chi connectivity index (χ2n) is 3.99. The van der Waals surface area contributed by atoms with E-state index < -0.39 is 26.7 Å². The second kappa shape index (κ2) is 4.93. The van der Waals surface area contributed by atoms with E-state index in [0.29, 0.717) is 5.69 Å². The molecule has 0 unspecified atom stereocenters. The monoisotopic (exact) mass is 299 g/mol. The van der Waals surface area contributed by atoms with Crippen molar-refractivity contribution in [2.45, 2.75) is 11.8 Å². The Morgan fingerprint density at radius 2 is 2.10 bits per heavy atom. The van der Waals surface area contributed by atoms with E-state index in [1.165, 1.54) is 6.07 Å². The molecule has 0 amide bonds. The number of carboxylic acid groups (broad SMARTS) is 1.